The molecule has 174 valence electrons. The van der Waals surface area contributed by atoms with Crippen molar-refractivity contribution in [2.24, 2.45) is 0 Å². The zero-order chi connectivity index (χ0) is 23.7. The Morgan fingerprint density at radius 1 is 0.909 bits per heavy atom. The zero-order valence-corrected chi connectivity index (χ0v) is 17.3. The number of phenolic OH excluding ortho intramolecular Hbond substituents is 1. The lowest BCUT2D eigenvalue weighted by atomic mass is 9.87. The summed E-state index contributed by atoms with van der Waals surface area (Å²) in [6, 6.07) is 11.3. The van der Waals surface area contributed by atoms with E-state index in [1.165, 1.54) is 12.1 Å². The summed E-state index contributed by atoms with van der Waals surface area (Å²) in [5, 5.41) is 10.6. The van der Waals surface area contributed by atoms with Gasteiger partial charge in [0.25, 0.3) is 0 Å². The van der Waals surface area contributed by atoms with Crippen molar-refractivity contribution in [1.29, 1.82) is 0 Å². The van der Waals surface area contributed by atoms with Crippen molar-refractivity contribution in [1.82, 2.24) is 10.9 Å². The fourth-order valence-corrected chi connectivity index (χ4v) is 3.86. The average molecular weight is 466 g/mol. The minimum Gasteiger partial charge on any atom is -0.507 e. The molecule has 0 bridgehead atoms. The van der Waals surface area contributed by atoms with E-state index < -0.39 is 41.3 Å². The predicted molar refractivity (Wildman–Crippen MR) is 108 cm³/mol. The molecule has 0 aromatic heterocycles. The molecule has 1 heterocycles. The van der Waals surface area contributed by atoms with Gasteiger partial charge in [-0.15, -0.1) is 0 Å². The molecule has 3 N–H and O–H groups in total. The van der Waals surface area contributed by atoms with Gasteiger partial charge in [0.05, 0.1) is 18.7 Å². The summed E-state index contributed by atoms with van der Waals surface area (Å²) in [6.45, 7) is -0.360. The fraction of sp³-hybridized carbons (Fsp3) is 0.217. The highest BCUT2D eigenvalue weighted by atomic mass is 19.2. The van der Waals surface area contributed by atoms with E-state index >= 15 is 0 Å². The van der Waals surface area contributed by atoms with Crippen LogP contribution in [0.15, 0.2) is 42.5 Å². The highest BCUT2D eigenvalue weighted by Crippen LogP contribution is 2.41. The van der Waals surface area contributed by atoms with Crippen molar-refractivity contribution in [3.8, 4) is 17.2 Å². The first kappa shape index (κ1) is 22.8. The van der Waals surface area contributed by atoms with Gasteiger partial charge in [-0.05, 0) is 12.1 Å². The highest BCUT2D eigenvalue weighted by Gasteiger charge is 2.33. The molecule has 3 aromatic carbocycles. The molecular weight excluding hydrogens is 447 g/mol. The Morgan fingerprint density at radius 3 is 2.24 bits per heavy atom. The largest absolute Gasteiger partial charge is 0.507 e. The van der Waals surface area contributed by atoms with Gasteiger partial charge in [0, 0.05) is 29.7 Å². The van der Waals surface area contributed by atoms with Crippen LogP contribution in [0, 0.1) is 29.1 Å². The standard InChI is InChI=1S/C23H19F5N2O3/c1-32-17-5-3-2-4-12(17)14-9-29-30-23(14)13-7-6-11(8-16(13)31)33-10-15-18(24)20(26)22(28)21(27)19(15)25/h2-8,14,23,29-31H,9-10H2,1H3. The second-order valence-corrected chi connectivity index (χ2v) is 7.41. The van der Waals surface area contributed by atoms with E-state index in [0.29, 0.717) is 17.9 Å². The molecule has 1 fully saturated rings. The van der Waals surface area contributed by atoms with Gasteiger partial charge in [-0.3, -0.25) is 5.43 Å². The number of hydrogen-bond donors (Lipinski definition) is 3. The molecule has 10 heteroatoms. The molecule has 0 radical (unpaired) electrons. The maximum atomic E-state index is 13.8. The van der Waals surface area contributed by atoms with Crippen LogP contribution in [0.5, 0.6) is 17.2 Å². The number of hydrogen-bond acceptors (Lipinski definition) is 5. The Hall–Kier alpha value is -3.37. The van der Waals surface area contributed by atoms with Crippen LogP contribution < -0.4 is 20.3 Å². The monoisotopic (exact) mass is 466 g/mol. The number of ether oxygens (including phenoxy) is 2. The van der Waals surface area contributed by atoms with Gasteiger partial charge in [-0.1, -0.05) is 24.3 Å². The fourth-order valence-electron chi connectivity index (χ4n) is 3.86. The Morgan fingerprint density at radius 2 is 1.58 bits per heavy atom. The molecule has 1 aliphatic heterocycles. The lowest BCUT2D eigenvalue weighted by molar-refractivity contribution is 0.278. The lowest BCUT2D eigenvalue weighted by Crippen LogP contribution is -2.25. The van der Waals surface area contributed by atoms with Crippen LogP contribution in [0.1, 0.15) is 28.7 Å². The zero-order valence-electron chi connectivity index (χ0n) is 17.3. The summed E-state index contributed by atoms with van der Waals surface area (Å²) >= 11 is 0. The maximum Gasteiger partial charge on any atom is 0.200 e. The molecule has 33 heavy (non-hydrogen) atoms. The van der Waals surface area contributed by atoms with Crippen LogP contribution in [0.25, 0.3) is 0 Å². The maximum absolute atomic E-state index is 13.8. The van der Waals surface area contributed by atoms with Gasteiger partial charge in [0.2, 0.25) is 5.82 Å². The van der Waals surface area contributed by atoms with Crippen LogP contribution >= 0.6 is 0 Å². The van der Waals surface area contributed by atoms with Gasteiger partial charge >= 0.3 is 0 Å². The third-order valence-electron chi connectivity index (χ3n) is 5.54. The number of phenols is 1. The third-order valence-corrected chi connectivity index (χ3v) is 5.54. The van der Waals surface area contributed by atoms with Crippen LogP contribution in [0.3, 0.4) is 0 Å². The van der Waals surface area contributed by atoms with Crippen molar-refractivity contribution in [2.45, 2.75) is 18.6 Å². The summed E-state index contributed by atoms with van der Waals surface area (Å²) in [4.78, 5) is 0. The quantitative estimate of drug-likeness (QED) is 0.282. The minimum absolute atomic E-state index is 0.0139. The SMILES string of the molecule is COc1ccccc1C1CNNC1c1ccc(OCc2c(F)c(F)c(F)c(F)c2F)cc1O. The van der Waals surface area contributed by atoms with Gasteiger partial charge in [0.15, 0.2) is 23.3 Å². The summed E-state index contributed by atoms with van der Waals surface area (Å²) in [6.07, 6.45) is 0. The molecule has 0 aliphatic carbocycles. The number of benzene rings is 3. The predicted octanol–water partition coefficient (Wildman–Crippen LogP) is 4.61. The smallest absolute Gasteiger partial charge is 0.200 e. The van der Waals surface area contributed by atoms with E-state index in [4.69, 9.17) is 9.47 Å². The molecular formula is C23H19F5N2O3. The Kier molecular flexibility index (Phi) is 6.39. The minimum atomic E-state index is -2.24. The lowest BCUT2D eigenvalue weighted by Gasteiger charge is -2.22. The van der Waals surface area contributed by atoms with E-state index in [2.05, 4.69) is 10.9 Å². The van der Waals surface area contributed by atoms with E-state index in [-0.39, 0.29) is 23.5 Å². The highest BCUT2D eigenvalue weighted by molar-refractivity contribution is 5.46. The van der Waals surface area contributed by atoms with Crippen molar-refractivity contribution in [2.75, 3.05) is 13.7 Å². The molecule has 1 saturated heterocycles. The number of aromatic hydroxyl groups is 1. The number of methoxy groups -OCH3 is 1. The number of rotatable bonds is 6. The van der Waals surface area contributed by atoms with Crippen LogP contribution in [-0.4, -0.2) is 18.8 Å². The first-order chi connectivity index (χ1) is 15.8. The number of hydrazine groups is 1. The van der Waals surface area contributed by atoms with Crippen LogP contribution in [0.2, 0.25) is 0 Å². The van der Waals surface area contributed by atoms with E-state index in [1.54, 1.807) is 13.2 Å². The molecule has 2 unspecified atom stereocenters. The Labute approximate surface area is 185 Å². The third kappa shape index (κ3) is 4.19. The van der Waals surface area contributed by atoms with Gasteiger partial charge < -0.3 is 14.6 Å². The van der Waals surface area contributed by atoms with E-state index in [9.17, 15) is 27.1 Å². The first-order valence-electron chi connectivity index (χ1n) is 9.90. The van der Waals surface area contributed by atoms with Crippen molar-refractivity contribution in [3.63, 3.8) is 0 Å². The molecule has 0 saturated carbocycles. The van der Waals surface area contributed by atoms with Crippen molar-refractivity contribution in [3.05, 3.63) is 88.2 Å². The van der Waals surface area contributed by atoms with Crippen LogP contribution in [0.4, 0.5) is 22.0 Å². The summed E-state index contributed by atoms with van der Waals surface area (Å²) in [5.74, 6) is -9.85. The van der Waals surface area contributed by atoms with E-state index in [0.717, 1.165) is 5.56 Å². The molecule has 5 nitrogen and oxygen atoms in total. The number of para-hydroxylation sites is 1. The molecule has 1 aliphatic rings. The molecule has 0 spiro atoms. The molecule has 4 rings (SSSR count). The Balaban J connectivity index is 1.56. The Bertz CT molecular complexity index is 1160. The molecule has 3 aromatic rings. The summed E-state index contributed by atoms with van der Waals surface area (Å²) in [7, 11) is 1.57. The molecule has 0 amide bonds. The second-order valence-electron chi connectivity index (χ2n) is 7.41. The van der Waals surface area contributed by atoms with Crippen molar-refractivity contribution < 1.29 is 36.5 Å². The van der Waals surface area contributed by atoms with Gasteiger partial charge in [0.1, 0.15) is 23.9 Å². The second kappa shape index (κ2) is 9.24. The topological polar surface area (TPSA) is 62.8 Å². The summed E-state index contributed by atoms with van der Waals surface area (Å²) in [5.41, 5.74) is 6.49. The summed E-state index contributed by atoms with van der Waals surface area (Å²) < 4.78 is 78.2. The first-order valence-corrected chi connectivity index (χ1v) is 9.90. The van der Waals surface area contributed by atoms with Gasteiger partial charge in [-0.2, -0.15) is 0 Å². The van der Waals surface area contributed by atoms with E-state index in [1.807, 2.05) is 24.3 Å². The average Bonchev–Trinajstić information content (AvgIpc) is 3.31. The van der Waals surface area contributed by atoms with Crippen LogP contribution in [-0.2, 0) is 6.61 Å². The number of nitrogens with one attached hydrogen (secondary N) is 2. The number of halogens is 5. The van der Waals surface area contributed by atoms with Gasteiger partial charge in [-0.25, -0.2) is 27.4 Å². The normalized spacial score (nSPS) is 17.9. The van der Waals surface area contributed by atoms with Crippen molar-refractivity contribution >= 4 is 0 Å². The molecule has 2 atom stereocenters.